The molecule has 3 aromatic rings. The number of aryl methyl sites for hydroxylation is 2. The molecule has 0 fully saturated rings. The fourth-order valence-corrected chi connectivity index (χ4v) is 3.73. The first-order valence-corrected chi connectivity index (χ1v) is 9.44. The van der Waals surface area contributed by atoms with E-state index in [0.29, 0.717) is 5.69 Å². The summed E-state index contributed by atoms with van der Waals surface area (Å²) in [6, 6.07) is 21.8. The van der Waals surface area contributed by atoms with E-state index < -0.39 is 10.0 Å². The van der Waals surface area contributed by atoms with E-state index in [1.165, 1.54) is 11.1 Å². The smallest absolute Gasteiger partial charge is 0.261 e. The summed E-state index contributed by atoms with van der Waals surface area (Å²) in [5.74, 6) is 0. The number of nitrogens with one attached hydrogen (secondary N) is 2. The summed E-state index contributed by atoms with van der Waals surface area (Å²) < 4.78 is 27.2. The standard InChI is InChI=1S/C20H20N2O2S/c1-15-12-16(2)14-19(13-15)21-17-8-10-18(11-9-17)22-25(23,24)20-6-4-3-5-7-20/h3-14,21-22H,1-2H3. The normalized spacial score (nSPS) is 11.1. The minimum atomic E-state index is -3.57. The molecule has 0 aliphatic heterocycles. The van der Waals surface area contributed by atoms with Gasteiger partial charge in [-0.2, -0.15) is 0 Å². The summed E-state index contributed by atoms with van der Waals surface area (Å²) in [6.45, 7) is 4.11. The van der Waals surface area contributed by atoms with Crippen molar-refractivity contribution in [1.29, 1.82) is 0 Å². The molecular formula is C20H20N2O2S. The van der Waals surface area contributed by atoms with E-state index >= 15 is 0 Å². The third-order valence-electron chi connectivity index (χ3n) is 3.70. The molecule has 0 saturated heterocycles. The minimum absolute atomic E-state index is 0.243. The van der Waals surface area contributed by atoms with Crippen molar-refractivity contribution in [1.82, 2.24) is 0 Å². The predicted molar refractivity (Wildman–Crippen MR) is 103 cm³/mol. The summed E-state index contributed by atoms with van der Waals surface area (Å²) in [4.78, 5) is 0.243. The van der Waals surface area contributed by atoms with E-state index in [0.717, 1.165) is 11.4 Å². The summed E-state index contributed by atoms with van der Waals surface area (Å²) in [7, 11) is -3.57. The van der Waals surface area contributed by atoms with Crippen molar-refractivity contribution in [3.05, 3.63) is 83.9 Å². The number of hydrogen-bond acceptors (Lipinski definition) is 3. The quantitative estimate of drug-likeness (QED) is 0.690. The van der Waals surface area contributed by atoms with E-state index in [1.807, 2.05) is 12.1 Å². The molecule has 0 amide bonds. The van der Waals surface area contributed by atoms with E-state index in [9.17, 15) is 8.42 Å². The molecule has 0 spiro atoms. The van der Waals surface area contributed by atoms with Crippen LogP contribution in [-0.2, 0) is 10.0 Å². The lowest BCUT2D eigenvalue weighted by atomic mass is 10.1. The van der Waals surface area contributed by atoms with Crippen LogP contribution in [0.3, 0.4) is 0 Å². The van der Waals surface area contributed by atoms with Gasteiger partial charge in [0.1, 0.15) is 0 Å². The van der Waals surface area contributed by atoms with E-state index in [4.69, 9.17) is 0 Å². The zero-order valence-electron chi connectivity index (χ0n) is 14.2. The summed E-state index contributed by atoms with van der Waals surface area (Å²) in [5, 5.41) is 3.33. The van der Waals surface area contributed by atoms with Crippen molar-refractivity contribution in [2.45, 2.75) is 18.7 Å². The summed E-state index contributed by atoms with van der Waals surface area (Å²) in [5.41, 5.74) is 4.81. The Balaban J connectivity index is 1.74. The van der Waals surface area contributed by atoms with Crippen molar-refractivity contribution in [3.8, 4) is 0 Å². The average Bonchev–Trinajstić information content (AvgIpc) is 2.56. The van der Waals surface area contributed by atoms with Crippen LogP contribution >= 0.6 is 0 Å². The van der Waals surface area contributed by atoms with Crippen molar-refractivity contribution in [2.24, 2.45) is 0 Å². The SMILES string of the molecule is Cc1cc(C)cc(Nc2ccc(NS(=O)(=O)c3ccccc3)cc2)c1. The fraction of sp³-hybridized carbons (Fsp3) is 0.100. The van der Waals surface area contributed by atoms with Crippen molar-refractivity contribution < 1.29 is 8.42 Å². The van der Waals surface area contributed by atoms with Crippen LogP contribution in [0.25, 0.3) is 0 Å². The lowest BCUT2D eigenvalue weighted by Gasteiger charge is -2.11. The highest BCUT2D eigenvalue weighted by Gasteiger charge is 2.13. The van der Waals surface area contributed by atoms with Gasteiger partial charge in [0, 0.05) is 17.1 Å². The van der Waals surface area contributed by atoms with E-state index in [-0.39, 0.29) is 4.90 Å². The van der Waals surface area contributed by atoms with Gasteiger partial charge in [-0.25, -0.2) is 8.42 Å². The molecule has 128 valence electrons. The molecule has 0 radical (unpaired) electrons. The van der Waals surface area contributed by atoms with Crippen molar-refractivity contribution in [3.63, 3.8) is 0 Å². The van der Waals surface area contributed by atoms with Crippen molar-refractivity contribution in [2.75, 3.05) is 10.0 Å². The predicted octanol–water partition coefficient (Wildman–Crippen LogP) is 4.85. The van der Waals surface area contributed by atoms with Gasteiger partial charge in [-0.1, -0.05) is 24.3 Å². The Morgan fingerprint density at radius 2 is 1.24 bits per heavy atom. The van der Waals surface area contributed by atoms with Crippen LogP contribution in [0.2, 0.25) is 0 Å². The molecule has 0 aromatic heterocycles. The zero-order chi connectivity index (χ0) is 17.9. The number of hydrogen-bond donors (Lipinski definition) is 2. The number of rotatable bonds is 5. The van der Waals surface area contributed by atoms with Gasteiger partial charge < -0.3 is 5.32 Å². The highest BCUT2D eigenvalue weighted by Crippen LogP contribution is 2.22. The molecule has 0 bridgehead atoms. The third-order valence-corrected chi connectivity index (χ3v) is 5.10. The second kappa shape index (κ2) is 6.99. The molecule has 2 N–H and O–H groups in total. The molecule has 25 heavy (non-hydrogen) atoms. The van der Waals surface area contributed by atoms with Crippen LogP contribution in [0.15, 0.2) is 77.7 Å². The third kappa shape index (κ3) is 4.39. The minimum Gasteiger partial charge on any atom is -0.356 e. The Morgan fingerprint density at radius 1 is 0.680 bits per heavy atom. The Labute approximate surface area is 148 Å². The van der Waals surface area contributed by atoms with Crippen LogP contribution in [0, 0.1) is 13.8 Å². The second-order valence-electron chi connectivity index (χ2n) is 6.00. The van der Waals surface area contributed by atoms with E-state index in [2.05, 4.69) is 42.1 Å². The first kappa shape index (κ1) is 17.0. The molecule has 4 nitrogen and oxygen atoms in total. The highest BCUT2D eigenvalue weighted by atomic mass is 32.2. The number of anilines is 3. The molecule has 5 heteroatoms. The maximum Gasteiger partial charge on any atom is 0.261 e. The molecule has 3 aromatic carbocycles. The Bertz CT molecular complexity index is 946. The molecule has 0 atom stereocenters. The zero-order valence-corrected chi connectivity index (χ0v) is 15.0. The molecule has 0 heterocycles. The summed E-state index contributed by atoms with van der Waals surface area (Å²) >= 11 is 0. The first-order chi connectivity index (χ1) is 11.9. The molecule has 0 aliphatic rings. The lowest BCUT2D eigenvalue weighted by molar-refractivity contribution is 0.601. The Morgan fingerprint density at radius 3 is 1.84 bits per heavy atom. The summed E-state index contributed by atoms with van der Waals surface area (Å²) in [6.07, 6.45) is 0. The highest BCUT2D eigenvalue weighted by molar-refractivity contribution is 7.92. The maximum absolute atomic E-state index is 12.3. The lowest BCUT2D eigenvalue weighted by Crippen LogP contribution is -2.12. The molecule has 0 unspecified atom stereocenters. The molecule has 0 aliphatic carbocycles. The monoisotopic (exact) mass is 352 g/mol. The Hall–Kier alpha value is -2.79. The molecule has 3 rings (SSSR count). The van der Waals surface area contributed by atoms with Gasteiger partial charge in [0.05, 0.1) is 4.90 Å². The van der Waals surface area contributed by atoms with Crippen LogP contribution in [0.5, 0.6) is 0 Å². The molecular weight excluding hydrogens is 332 g/mol. The van der Waals surface area contributed by atoms with Gasteiger partial charge in [-0.05, 0) is 73.5 Å². The average molecular weight is 352 g/mol. The topological polar surface area (TPSA) is 58.2 Å². The van der Waals surface area contributed by atoms with Gasteiger partial charge in [0.25, 0.3) is 10.0 Å². The van der Waals surface area contributed by atoms with Crippen LogP contribution in [-0.4, -0.2) is 8.42 Å². The second-order valence-corrected chi connectivity index (χ2v) is 7.68. The van der Waals surface area contributed by atoms with Gasteiger partial charge in [-0.3, -0.25) is 4.72 Å². The van der Waals surface area contributed by atoms with Crippen LogP contribution in [0.4, 0.5) is 17.1 Å². The first-order valence-electron chi connectivity index (χ1n) is 7.96. The largest absolute Gasteiger partial charge is 0.356 e. The number of benzene rings is 3. The van der Waals surface area contributed by atoms with Gasteiger partial charge in [0.2, 0.25) is 0 Å². The van der Waals surface area contributed by atoms with Gasteiger partial charge in [0.15, 0.2) is 0 Å². The maximum atomic E-state index is 12.3. The van der Waals surface area contributed by atoms with Crippen molar-refractivity contribution >= 4 is 27.1 Å². The van der Waals surface area contributed by atoms with Gasteiger partial charge >= 0.3 is 0 Å². The van der Waals surface area contributed by atoms with Crippen LogP contribution < -0.4 is 10.0 Å². The Kier molecular flexibility index (Phi) is 4.76. The number of sulfonamides is 1. The fourth-order valence-electron chi connectivity index (χ4n) is 2.65. The van der Waals surface area contributed by atoms with Crippen LogP contribution in [0.1, 0.15) is 11.1 Å². The van der Waals surface area contributed by atoms with E-state index in [1.54, 1.807) is 42.5 Å². The van der Waals surface area contributed by atoms with Gasteiger partial charge in [-0.15, -0.1) is 0 Å². The molecule has 0 saturated carbocycles.